The van der Waals surface area contributed by atoms with E-state index < -0.39 is 0 Å². The second-order valence-corrected chi connectivity index (χ2v) is 8.40. The molecular formula is C30H20N4. The summed E-state index contributed by atoms with van der Waals surface area (Å²) in [6.07, 6.45) is 5.80. The van der Waals surface area contributed by atoms with Crippen LogP contribution in [0, 0.1) is 0 Å². The summed E-state index contributed by atoms with van der Waals surface area (Å²) in [6, 6.07) is 35.9. The van der Waals surface area contributed by atoms with Crippen LogP contribution in [0.5, 0.6) is 0 Å². The SMILES string of the molecule is c1ccc(-c2cnc(-n3ccc4ccc5c(c6ccccc6n5-c5ccccc5)c43)cn2)cc1. The average Bonchev–Trinajstić information content (AvgIpc) is 3.49. The third-order valence-corrected chi connectivity index (χ3v) is 6.46. The van der Waals surface area contributed by atoms with Crippen LogP contribution in [0.3, 0.4) is 0 Å². The van der Waals surface area contributed by atoms with Gasteiger partial charge in [-0.25, -0.2) is 4.98 Å². The zero-order valence-corrected chi connectivity index (χ0v) is 18.3. The Morgan fingerprint density at radius 1 is 0.588 bits per heavy atom. The lowest BCUT2D eigenvalue weighted by atomic mass is 10.1. The highest BCUT2D eigenvalue weighted by molar-refractivity contribution is 6.20. The first-order valence-corrected chi connectivity index (χ1v) is 11.3. The Labute approximate surface area is 196 Å². The molecule has 3 aromatic heterocycles. The Balaban J connectivity index is 1.50. The summed E-state index contributed by atoms with van der Waals surface area (Å²) in [4.78, 5) is 9.51. The number of aromatic nitrogens is 4. The number of fused-ring (bicyclic) bond motifs is 5. The van der Waals surface area contributed by atoms with Gasteiger partial charge in [0.15, 0.2) is 5.82 Å². The fraction of sp³-hybridized carbons (Fsp3) is 0. The number of benzene rings is 4. The van der Waals surface area contributed by atoms with E-state index in [1.54, 1.807) is 0 Å². The number of hydrogen-bond acceptors (Lipinski definition) is 2. The van der Waals surface area contributed by atoms with Gasteiger partial charge in [0, 0.05) is 33.6 Å². The van der Waals surface area contributed by atoms with E-state index in [1.807, 2.05) is 30.6 Å². The van der Waals surface area contributed by atoms with Gasteiger partial charge in [0.1, 0.15) is 0 Å². The Bertz CT molecular complexity index is 1780. The van der Waals surface area contributed by atoms with Crippen LogP contribution >= 0.6 is 0 Å². The molecule has 0 aliphatic carbocycles. The highest BCUT2D eigenvalue weighted by Crippen LogP contribution is 2.37. The number of hydrogen-bond donors (Lipinski definition) is 0. The number of rotatable bonds is 3. The summed E-state index contributed by atoms with van der Waals surface area (Å²) in [6.45, 7) is 0. The monoisotopic (exact) mass is 436 g/mol. The zero-order chi connectivity index (χ0) is 22.5. The van der Waals surface area contributed by atoms with Crippen LogP contribution in [0.4, 0.5) is 0 Å². The highest BCUT2D eigenvalue weighted by Gasteiger charge is 2.17. The molecule has 0 unspecified atom stereocenters. The molecule has 4 heteroatoms. The third kappa shape index (κ3) is 2.79. The minimum absolute atomic E-state index is 0.804. The number of nitrogens with zero attached hydrogens (tertiary/aromatic N) is 4. The first-order valence-electron chi connectivity index (χ1n) is 11.3. The lowest BCUT2D eigenvalue weighted by Gasteiger charge is -2.09. The van der Waals surface area contributed by atoms with E-state index in [4.69, 9.17) is 9.97 Å². The fourth-order valence-corrected chi connectivity index (χ4v) is 4.93. The maximum Gasteiger partial charge on any atom is 0.155 e. The van der Waals surface area contributed by atoms with Gasteiger partial charge in [-0.1, -0.05) is 72.8 Å². The van der Waals surface area contributed by atoms with Crippen LogP contribution in [0.2, 0.25) is 0 Å². The van der Waals surface area contributed by atoms with Crippen molar-refractivity contribution < 1.29 is 0 Å². The van der Waals surface area contributed by atoms with Crippen LogP contribution in [-0.4, -0.2) is 19.1 Å². The molecule has 0 aliphatic heterocycles. The smallest absolute Gasteiger partial charge is 0.155 e. The van der Waals surface area contributed by atoms with Gasteiger partial charge in [-0.15, -0.1) is 0 Å². The first-order chi connectivity index (χ1) is 16.9. The maximum atomic E-state index is 4.79. The van der Waals surface area contributed by atoms with Crippen molar-refractivity contribution in [3.63, 3.8) is 0 Å². The Hall–Kier alpha value is -4.70. The summed E-state index contributed by atoms with van der Waals surface area (Å²) >= 11 is 0. The van der Waals surface area contributed by atoms with E-state index in [1.165, 1.54) is 27.2 Å². The van der Waals surface area contributed by atoms with Crippen molar-refractivity contribution in [1.82, 2.24) is 19.1 Å². The topological polar surface area (TPSA) is 35.6 Å². The first kappa shape index (κ1) is 18.8. The zero-order valence-electron chi connectivity index (χ0n) is 18.3. The van der Waals surface area contributed by atoms with Crippen LogP contribution in [0.1, 0.15) is 0 Å². The normalized spacial score (nSPS) is 11.5. The standard InChI is InChI=1S/C30H20N4/c1-3-9-21(10-4-1)25-19-32-28(20-31-25)33-18-17-22-15-16-27-29(30(22)33)24-13-7-8-14-26(24)34(27)23-11-5-2-6-12-23/h1-20H. The van der Waals surface area contributed by atoms with Crippen molar-refractivity contribution in [1.29, 1.82) is 0 Å². The molecule has 160 valence electrons. The molecule has 0 fully saturated rings. The predicted octanol–water partition coefficient (Wildman–Crippen LogP) is 7.18. The molecule has 34 heavy (non-hydrogen) atoms. The Kier molecular flexibility index (Phi) is 4.11. The fourth-order valence-electron chi connectivity index (χ4n) is 4.93. The molecule has 3 heterocycles. The van der Waals surface area contributed by atoms with E-state index in [0.717, 1.165) is 28.3 Å². The molecule has 0 bridgehead atoms. The quantitative estimate of drug-likeness (QED) is 0.294. The summed E-state index contributed by atoms with van der Waals surface area (Å²) in [7, 11) is 0. The summed E-state index contributed by atoms with van der Waals surface area (Å²) < 4.78 is 4.49. The molecular weight excluding hydrogens is 416 g/mol. The molecule has 0 N–H and O–H groups in total. The van der Waals surface area contributed by atoms with Gasteiger partial charge in [-0.3, -0.25) is 9.55 Å². The molecule has 0 atom stereocenters. The Morgan fingerprint density at radius 3 is 2.15 bits per heavy atom. The molecule has 0 amide bonds. The summed E-state index contributed by atoms with van der Waals surface area (Å²) in [5.74, 6) is 0.804. The van der Waals surface area contributed by atoms with E-state index in [2.05, 4.69) is 100 Å². The van der Waals surface area contributed by atoms with Crippen molar-refractivity contribution in [2.24, 2.45) is 0 Å². The molecule has 0 aliphatic rings. The van der Waals surface area contributed by atoms with Crippen LogP contribution in [0.25, 0.3) is 55.5 Å². The predicted molar refractivity (Wildman–Crippen MR) is 139 cm³/mol. The van der Waals surface area contributed by atoms with Crippen molar-refractivity contribution in [3.05, 3.63) is 122 Å². The minimum Gasteiger partial charge on any atom is -0.309 e. The molecule has 7 rings (SSSR count). The van der Waals surface area contributed by atoms with Crippen molar-refractivity contribution in [2.45, 2.75) is 0 Å². The average molecular weight is 437 g/mol. The van der Waals surface area contributed by atoms with Crippen LogP contribution in [-0.2, 0) is 0 Å². The van der Waals surface area contributed by atoms with Crippen LogP contribution < -0.4 is 0 Å². The molecule has 0 saturated heterocycles. The van der Waals surface area contributed by atoms with Gasteiger partial charge in [-0.05, 0) is 30.3 Å². The maximum absolute atomic E-state index is 4.79. The molecule has 4 aromatic carbocycles. The Morgan fingerprint density at radius 2 is 1.35 bits per heavy atom. The van der Waals surface area contributed by atoms with E-state index in [9.17, 15) is 0 Å². The molecule has 0 spiro atoms. The molecule has 0 saturated carbocycles. The van der Waals surface area contributed by atoms with Gasteiger partial charge in [-0.2, -0.15) is 0 Å². The minimum atomic E-state index is 0.804. The van der Waals surface area contributed by atoms with Gasteiger partial charge >= 0.3 is 0 Å². The second-order valence-electron chi connectivity index (χ2n) is 8.40. The number of para-hydroxylation sites is 2. The van der Waals surface area contributed by atoms with E-state index in [0.29, 0.717) is 0 Å². The van der Waals surface area contributed by atoms with E-state index in [-0.39, 0.29) is 0 Å². The van der Waals surface area contributed by atoms with Gasteiger partial charge in [0.2, 0.25) is 0 Å². The van der Waals surface area contributed by atoms with Crippen molar-refractivity contribution in [2.75, 3.05) is 0 Å². The summed E-state index contributed by atoms with van der Waals surface area (Å²) in [5.41, 5.74) is 6.59. The lowest BCUT2D eigenvalue weighted by molar-refractivity contribution is 1.02. The van der Waals surface area contributed by atoms with Gasteiger partial charge in [0.25, 0.3) is 0 Å². The summed E-state index contributed by atoms with van der Waals surface area (Å²) in [5, 5.41) is 3.62. The molecule has 0 radical (unpaired) electrons. The highest BCUT2D eigenvalue weighted by atomic mass is 15.1. The molecule has 4 nitrogen and oxygen atoms in total. The third-order valence-electron chi connectivity index (χ3n) is 6.46. The van der Waals surface area contributed by atoms with Crippen molar-refractivity contribution >= 4 is 32.7 Å². The molecule has 7 aromatic rings. The van der Waals surface area contributed by atoms with Gasteiger partial charge < -0.3 is 4.57 Å². The lowest BCUT2D eigenvalue weighted by Crippen LogP contribution is -1.98. The van der Waals surface area contributed by atoms with Gasteiger partial charge in [0.05, 0.1) is 34.6 Å². The van der Waals surface area contributed by atoms with E-state index >= 15 is 0 Å². The van der Waals surface area contributed by atoms with Crippen molar-refractivity contribution in [3.8, 4) is 22.8 Å². The second kappa shape index (κ2) is 7.42. The largest absolute Gasteiger partial charge is 0.309 e. The van der Waals surface area contributed by atoms with Crippen LogP contribution in [0.15, 0.2) is 122 Å².